The molecule has 3 aromatic rings. The summed E-state index contributed by atoms with van der Waals surface area (Å²) in [7, 11) is 0. The number of carbonyl (C=O) groups is 1. The molecular weight excluding hydrogens is 282 g/mol. The number of nitrogens with zero attached hydrogens (tertiary/aromatic N) is 2. The van der Waals surface area contributed by atoms with E-state index in [4.69, 9.17) is 5.11 Å². The monoisotopic (exact) mass is 295 g/mol. The van der Waals surface area contributed by atoms with E-state index in [9.17, 15) is 9.59 Å². The molecule has 3 rings (SSSR count). The van der Waals surface area contributed by atoms with Gasteiger partial charge in [-0.3, -0.25) is 19.7 Å². The van der Waals surface area contributed by atoms with Crippen LogP contribution in [0.1, 0.15) is 5.56 Å². The van der Waals surface area contributed by atoms with E-state index in [2.05, 4.69) is 10.1 Å². The first-order valence-corrected chi connectivity index (χ1v) is 6.67. The minimum absolute atomic E-state index is 0.0408. The summed E-state index contributed by atoms with van der Waals surface area (Å²) in [5, 5.41) is 11.8. The van der Waals surface area contributed by atoms with Crippen LogP contribution in [-0.2, 0) is 11.2 Å². The molecule has 2 aromatic heterocycles. The Labute approximate surface area is 125 Å². The Balaban J connectivity index is 1.94. The zero-order valence-electron chi connectivity index (χ0n) is 11.6. The molecule has 0 atom stereocenters. The predicted molar refractivity (Wildman–Crippen MR) is 81.0 cm³/mol. The lowest BCUT2D eigenvalue weighted by molar-refractivity contribution is -0.136. The Kier molecular flexibility index (Phi) is 3.57. The number of pyridine rings is 1. The van der Waals surface area contributed by atoms with Gasteiger partial charge in [-0.2, -0.15) is 0 Å². The van der Waals surface area contributed by atoms with Crippen LogP contribution in [0.4, 0.5) is 0 Å². The zero-order valence-corrected chi connectivity index (χ0v) is 11.6. The molecule has 0 amide bonds. The summed E-state index contributed by atoms with van der Waals surface area (Å²) in [5.74, 6) is -0.886. The van der Waals surface area contributed by atoms with Crippen LogP contribution in [0.15, 0.2) is 59.7 Å². The number of hydrogen-bond donors (Lipinski definition) is 2. The van der Waals surface area contributed by atoms with E-state index < -0.39 is 5.97 Å². The summed E-state index contributed by atoms with van der Waals surface area (Å²) in [4.78, 5) is 26.8. The first-order valence-electron chi connectivity index (χ1n) is 6.67. The van der Waals surface area contributed by atoms with Gasteiger partial charge >= 0.3 is 5.97 Å². The van der Waals surface area contributed by atoms with Crippen molar-refractivity contribution in [2.75, 3.05) is 0 Å². The molecule has 0 radical (unpaired) electrons. The molecular formula is C16H13N3O3. The number of H-pyrrole nitrogens is 1. The number of hydrogen-bond acceptors (Lipinski definition) is 3. The number of aliphatic carboxylic acids is 1. The van der Waals surface area contributed by atoms with Crippen LogP contribution < -0.4 is 5.56 Å². The summed E-state index contributed by atoms with van der Waals surface area (Å²) in [6, 6.07) is 12.0. The maximum Gasteiger partial charge on any atom is 0.307 e. The number of carboxylic acids is 1. The average molecular weight is 295 g/mol. The van der Waals surface area contributed by atoms with Crippen molar-refractivity contribution < 1.29 is 9.90 Å². The number of carboxylic acid groups (broad SMARTS) is 1. The minimum Gasteiger partial charge on any atom is -0.481 e. The fourth-order valence-corrected chi connectivity index (χ4v) is 2.20. The van der Waals surface area contributed by atoms with Gasteiger partial charge in [-0.25, -0.2) is 4.68 Å². The minimum atomic E-state index is -0.886. The lowest BCUT2D eigenvalue weighted by Gasteiger charge is -2.03. The average Bonchev–Trinajstić information content (AvgIpc) is 2.90. The first kappa shape index (κ1) is 13.8. The molecule has 0 bridgehead atoms. The van der Waals surface area contributed by atoms with Crippen LogP contribution >= 0.6 is 0 Å². The summed E-state index contributed by atoms with van der Waals surface area (Å²) >= 11 is 0. The third-order valence-electron chi connectivity index (χ3n) is 3.24. The van der Waals surface area contributed by atoms with Crippen molar-refractivity contribution in [1.29, 1.82) is 0 Å². The van der Waals surface area contributed by atoms with Gasteiger partial charge in [0.25, 0.3) is 5.56 Å². The van der Waals surface area contributed by atoms with Crippen molar-refractivity contribution in [2.24, 2.45) is 0 Å². The lowest BCUT2D eigenvalue weighted by Crippen LogP contribution is -2.13. The highest BCUT2D eigenvalue weighted by atomic mass is 16.4. The smallest absolute Gasteiger partial charge is 0.307 e. The molecule has 0 saturated carbocycles. The van der Waals surface area contributed by atoms with Gasteiger partial charge in [0.1, 0.15) is 0 Å². The molecule has 2 N–H and O–H groups in total. The maximum atomic E-state index is 12.1. The van der Waals surface area contributed by atoms with E-state index in [1.165, 1.54) is 10.7 Å². The highest BCUT2D eigenvalue weighted by molar-refractivity contribution is 5.70. The molecule has 0 aliphatic rings. The first-order chi connectivity index (χ1) is 10.6. The third kappa shape index (κ3) is 2.80. The second-order valence-corrected chi connectivity index (χ2v) is 4.82. The Morgan fingerprint density at radius 3 is 2.64 bits per heavy atom. The number of aromatic amines is 1. The van der Waals surface area contributed by atoms with Gasteiger partial charge < -0.3 is 5.11 Å². The van der Waals surface area contributed by atoms with Gasteiger partial charge in [0, 0.05) is 24.0 Å². The Bertz CT molecular complexity index is 848. The molecule has 0 aliphatic heterocycles. The molecule has 0 aliphatic carbocycles. The standard InChI is InChI=1S/C16H13N3O3/c20-15-9-14(12-2-1-7-17-10-12)18-19(15)13-5-3-11(4-6-13)8-16(21)22/h1-7,9-10,18H,8H2,(H,21,22). The summed E-state index contributed by atoms with van der Waals surface area (Å²) in [6.45, 7) is 0. The van der Waals surface area contributed by atoms with Crippen molar-refractivity contribution in [3.8, 4) is 16.9 Å². The summed E-state index contributed by atoms with van der Waals surface area (Å²) in [6.07, 6.45) is 3.30. The quantitative estimate of drug-likeness (QED) is 0.769. The largest absolute Gasteiger partial charge is 0.481 e. The molecule has 0 spiro atoms. The van der Waals surface area contributed by atoms with Crippen molar-refractivity contribution in [3.63, 3.8) is 0 Å². The van der Waals surface area contributed by atoms with Crippen LogP contribution in [0.3, 0.4) is 0 Å². The van der Waals surface area contributed by atoms with Crippen molar-refractivity contribution in [3.05, 3.63) is 70.8 Å². The SMILES string of the molecule is O=C(O)Cc1ccc(-n2[nH]c(-c3cccnc3)cc2=O)cc1. The van der Waals surface area contributed by atoms with Crippen LogP contribution in [0, 0.1) is 0 Å². The van der Waals surface area contributed by atoms with E-state index in [1.807, 2.05) is 6.07 Å². The molecule has 6 heteroatoms. The highest BCUT2D eigenvalue weighted by Gasteiger charge is 2.07. The fourth-order valence-electron chi connectivity index (χ4n) is 2.20. The molecule has 2 heterocycles. The van der Waals surface area contributed by atoms with Gasteiger partial charge in [-0.05, 0) is 29.8 Å². The lowest BCUT2D eigenvalue weighted by atomic mass is 10.1. The van der Waals surface area contributed by atoms with Crippen molar-refractivity contribution in [1.82, 2.24) is 14.8 Å². The predicted octanol–water partition coefficient (Wildman–Crippen LogP) is 1.85. The molecule has 6 nitrogen and oxygen atoms in total. The number of benzene rings is 1. The van der Waals surface area contributed by atoms with Crippen LogP contribution in [0.5, 0.6) is 0 Å². The van der Waals surface area contributed by atoms with Gasteiger partial charge in [0.2, 0.25) is 0 Å². The second-order valence-electron chi connectivity index (χ2n) is 4.82. The molecule has 1 aromatic carbocycles. The fraction of sp³-hybridized carbons (Fsp3) is 0.0625. The molecule has 110 valence electrons. The van der Waals surface area contributed by atoms with Gasteiger partial charge in [0.15, 0.2) is 0 Å². The Hall–Kier alpha value is -3.15. The Morgan fingerprint density at radius 1 is 1.23 bits per heavy atom. The van der Waals surface area contributed by atoms with E-state index in [-0.39, 0.29) is 12.0 Å². The normalized spacial score (nSPS) is 10.5. The summed E-state index contributed by atoms with van der Waals surface area (Å²) < 4.78 is 1.41. The molecule has 0 unspecified atom stereocenters. The van der Waals surface area contributed by atoms with E-state index in [0.29, 0.717) is 16.9 Å². The molecule has 0 saturated heterocycles. The molecule has 0 fully saturated rings. The van der Waals surface area contributed by atoms with Crippen molar-refractivity contribution in [2.45, 2.75) is 6.42 Å². The molecule has 22 heavy (non-hydrogen) atoms. The van der Waals surface area contributed by atoms with Gasteiger partial charge in [-0.15, -0.1) is 0 Å². The van der Waals surface area contributed by atoms with E-state index in [0.717, 1.165) is 5.56 Å². The second kappa shape index (κ2) is 5.69. The van der Waals surface area contributed by atoms with E-state index >= 15 is 0 Å². The topological polar surface area (TPSA) is 88.0 Å². The zero-order chi connectivity index (χ0) is 15.5. The third-order valence-corrected chi connectivity index (χ3v) is 3.24. The summed E-state index contributed by atoms with van der Waals surface area (Å²) in [5.41, 5.74) is 2.64. The van der Waals surface area contributed by atoms with Crippen molar-refractivity contribution >= 4 is 5.97 Å². The maximum absolute atomic E-state index is 12.1. The number of nitrogens with one attached hydrogen (secondary N) is 1. The Morgan fingerprint density at radius 2 is 2.00 bits per heavy atom. The van der Waals surface area contributed by atoms with Gasteiger partial charge in [-0.1, -0.05) is 12.1 Å². The van der Waals surface area contributed by atoms with Crippen LogP contribution in [0.2, 0.25) is 0 Å². The van der Waals surface area contributed by atoms with E-state index in [1.54, 1.807) is 42.7 Å². The van der Waals surface area contributed by atoms with Gasteiger partial charge in [0.05, 0.1) is 17.8 Å². The number of rotatable bonds is 4. The van der Waals surface area contributed by atoms with Crippen LogP contribution in [-0.4, -0.2) is 25.8 Å². The highest BCUT2D eigenvalue weighted by Crippen LogP contribution is 2.15. The number of aromatic nitrogens is 3. The van der Waals surface area contributed by atoms with Crippen LogP contribution in [0.25, 0.3) is 16.9 Å².